The summed E-state index contributed by atoms with van der Waals surface area (Å²) < 4.78 is 1.56. The zero-order valence-corrected chi connectivity index (χ0v) is 23.7. The lowest BCUT2D eigenvalue weighted by Gasteiger charge is -2.28. The topological polar surface area (TPSA) is 108 Å². The standard InChI is InChI=1S/C30H42N4O4/c1-29(2,3)33-27(37)21(19(31-33)15-17-11-7-8-12-17)23-25(35)24(26(23)36)22-20(16-18-13-9-10-14-18)32-34(28(22)38)30(4,5)6/h17-18,31,35H,7-16H2,1-6H3/b24-22-. The summed E-state index contributed by atoms with van der Waals surface area (Å²) in [5.41, 5.74) is 0.412. The lowest BCUT2D eigenvalue weighted by atomic mass is 9.78. The molecule has 4 aliphatic rings. The molecule has 2 fully saturated rings. The van der Waals surface area contributed by atoms with Crippen LogP contribution in [-0.4, -0.2) is 42.8 Å². The monoisotopic (exact) mass is 522 g/mol. The number of carbonyl (C=O) groups excluding carboxylic acids is 2. The Bertz CT molecular complexity index is 1310. The van der Waals surface area contributed by atoms with E-state index in [1.807, 2.05) is 41.5 Å². The minimum Gasteiger partial charge on any atom is -0.506 e. The molecule has 0 bridgehead atoms. The molecule has 0 saturated heterocycles. The van der Waals surface area contributed by atoms with Crippen molar-refractivity contribution >= 4 is 23.0 Å². The van der Waals surface area contributed by atoms with Crippen LogP contribution >= 0.6 is 0 Å². The fourth-order valence-electron chi connectivity index (χ4n) is 6.51. The molecule has 0 aromatic carbocycles. The van der Waals surface area contributed by atoms with Crippen molar-refractivity contribution in [3.63, 3.8) is 0 Å². The number of ketones is 1. The van der Waals surface area contributed by atoms with Crippen LogP contribution in [0.25, 0.3) is 5.57 Å². The number of aliphatic hydroxyl groups is 1. The predicted octanol–water partition coefficient (Wildman–Crippen LogP) is 5.39. The van der Waals surface area contributed by atoms with Gasteiger partial charge in [-0.1, -0.05) is 51.4 Å². The van der Waals surface area contributed by atoms with Gasteiger partial charge >= 0.3 is 0 Å². The number of nitrogens with one attached hydrogen (secondary N) is 1. The van der Waals surface area contributed by atoms with E-state index >= 15 is 0 Å². The number of hydrazone groups is 1. The number of hydrogen-bond acceptors (Lipinski definition) is 5. The first kappa shape index (κ1) is 26.7. The first-order valence-electron chi connectivity index (χ1n) is 14.3. The smallest absolute Gasteiger partial charge is 0.277 e. The van der Waals surface area contributed by atoms with Gasteiger partial charge in [-0.05, 0) is 66.2 Å². The van der Waals surface area contributed by atoms with Crippen LogP contribution in [0.4, 0.5) is 0 Å². The molecule has 0 unspecified atom stereocenters. The highest BCUT2D eigenvalue weighted by atomic mass is 16.3. The summed E-state index contributed by atoms with van der Waals surface area (Å²) in [7, 11) is 0. The highest BCUT2D eigenvalue weighted by Crippen LogP contribution is 2.43. The van der Waals surface area contributed by atoms with Gasteiger partial charge in [0.1, 0.15) is 5.76 Å². The van der Waals surface area contributed by atoms with Gasteiger partial charge in [0.25, 0.3) is 11.5 Å². The maximum atomic E-state index is 13.8. The fraction of sp³-hybridized carbons (Fsp3) is 0.667. The SMILES string of the molecule is CC(C)(C)N1N=C(CC2CCCC2)/C(=C2/C(=O)C(c3c(CC4CCCC4)[nH]n(C(C)(C)C)c3=O)=C2O)C1=O. The first-order chi connectivity index (χ1) is 17.8. The van der Waals surface area contributed by atoms with Crippen molar-refractivity contribution in [1.29, 1.82) is 0 Å². The summed E-state index contributed by atoms with van der Waals surface area (Å²) in [5.74, 6) is -0.187. The maximum Gasteiger partial charge on any atom is 0.277 e. The Morgan fingerprint density at radius 2 is 1.37 bits per heavy atom. The highest BCUT2D eigenvalue weighted by molar-refractivity contribution is 6.44. The molecular weight excluding hydrogens is 480 g/mol. The fourth-order valence-corrected chi connectivity index (χ4v) is 6.51. The summed E-state index contributed by atoms with van der Waals surface area (Å²) in [6, 6.07) is 0. The minimum atomic E-state index is -0.565. The molecule has 0 radical (unpaired) electrons. The number of aromatic nitrogens is 2. The molecule has 1 aromatic heterocycles. The van der Waals surface area contributed by atoms with Crippen LogP contribution in [0, 0.1) is 11.8 Å². The molecule has 2 heterocycles. The van der Waals surface area contributed by atoms with Crippen LogP contribution in [0.5, 0.6) is 0 Å². The van der Waals surface area contributed by atoms with Gasteiger partial charge in [-0.25, -0.2) is 9.69 Å². The number of hydrogen-bond donors (Lipinski definition) is 2. The molecule has 206 valence electrons. The van der Waals surface area contributed by atoms with Crippen molar-refractivity contribution in [1.82, 2.24) is 14.8 Å². The number of aromatic amines is 1. The number of aliphatic hydroxyl groups excluding tert-OH is 1. The quantitative estimate of drug-likeness (QED) is 0.506. The zero-order chi connectivity index (χ0) is 27.6. The van der Waals surface area contributed by atoms with Crippen LogP contribution < -0.4 is 5.56 Å². The molecule has 0 atom stereocenters. The highest BCUT2D eigenvalue weighted by Gasteiger charge is 2.47. The maximum absolute atomic E-state index is 13.8. The lowest BCUT2D eigenvalue weighted by Crippen LogP contribution is -2.40. The molecule has 8 nitrogen and oxygen atoms in total. The zero-order valence-electron chi connectivity index (χ0n) is 23.7. The van der Waals surface area contributed by atoms with E-state index in [0.29, 0.717) is 36.1 Å². The molecule has 1 aromatic rings. The number of allylic oxidation sites excluding steroid dienone is 2. The van der Waals surface area contributed by atoms with Gasteiger partial charge in [0.05, 0.1) is 39.1 Å². The van der Waals surface area contributed by atoms with Gasteiger partial charge in [-0.2, -0.15) is 5.10 Å². The van der Waals surface area contributed by atoms with Crippen LogP contribution in [0.2, 0.25) is 0 Å². The Kier molecular flexibility index (Phi) is 6.59. The van der Waals surface area contributed by atoms with Crippen molar-refractivity contribution in [2.24, 2.45) is 16.9 Å². The van der Waals surface area contributed by atoms with E-state index in [1.54, 1.807) is 4.68 Å². The number of nitrogens with zero attached hydrogens (tertiary/aromatic N) is 3. The van der Waals surface area contributed by atoms with Crippen molar-refractivity contribution in [3.8, 4) is 0 Å². The van der Waals surface area contributed by atoms with E-state index in [1.165, 1.54) is 17.9 Å². The largest absolute Gasteiger partial charge is 0.506 e. The third kappa shape index (κ3) is 4.50. The van der Waals surface area contributed by atoms with Gasteiger partial charge in [0.2, 0.25) is 5.78 Å². The first-order valence-corrected chi connectivity index (χ1v) is 14.3. The van der Waals surface area contributed by atoms with Gasteiger partial charge in [0.15, 0.2) is 0 Å². The van der Waals surface area contributed by atoms with Crippen molar-refractivity contribution < 1.29 is 14.7 Å². The van der Waals surface area contributed by atoms with E-state index in [-0.39, 0.29) is 39.5 Å². The molecule has 0 spiro atoms. The molecular formula is C30H42N4O4. The average Bonchev–Trinajstić information content (AvgIpc) is 3.61. The normalized spacial score (nSPS) is 23.7. The van der Waals surface area contributed by atoms with Crippen molar-refractivity contribution in [2.45, 2.75) is 117 Å². The number of Topliss-reactive ketones (excluding diaryl/α,β-unsaturated/α-hetero) is 1. The summed E-state index contributed by atoms with van der Waals surface area (Å²) in [5, 5.41) is 20.8. The van der Waals surface area contributed by atoms with Gasteiger partial charge in [-0.3, -0.25) is 19.5 Å². The molecule has 2 saturated carbocycles. The Hall–Kier alpha value is -2.90. The third-order valence-corrected chi connectivity index (χ3v) is 8.54. The second-order valence-corrected chi connectivity index (χ2v) is 13.6. The molecule has 5 rings (SSSR count). The predicted molar refractivity (Wildman–Crippen MR) is 148 cm³/mol. The van der Waals surface area contributed by atoms with Gasteiger partial charge < -0.3 is 5.11 Å². The lowest BCUT2D eigenvalue weighted by molar-refractivity contribution is -0.130. The Balaban J connectivity index is 1.61. The summed E-state index contributed by atoms with van der Waals surface area (Å²) in [6.45, 7) is 11.5. The van der Waals surface area contributed by atoms with E-state index in [9.17, 15) is 19.5 Å². The molecule has 38 heavy (non-hydrogen) atoms. The number of H-pyrrole nitrogens is 1. The summed E-state index contributed by atoms with van der Waals surface area (Å²) >= 11 is 0. The van der Waals surface area contributed by atoms with Crippen LogP contribution in [-0.2, 0) is 21.5 Å². The van der Waals surface area contributed by atoms with Crippen LogP contribution in [0.3, 0.4) is 0 Å². The van der Waals surface area contributed by atoms with Gasteiger partial charge in [-0.15, -0.1) is 0 Å². The number of rotatable bonds is 5. The number of carbonyl (C=O) groups is 2. The Morgan fingerprint density at radius 3 is 1.87 bits per heavy atom. The summed E-state index contributed by atoms with van der Waals surface area (Å²) in [4.78, 5) is 41.0. The van der Waals surface area contributed by atoms with E-state index < -0.39 is 16.9 Å². The van der Waals surface area contributed by atoms with E-state index in [4.69, 9.17) is 0 Å². The summed E-state index contributed by atoms with van der Waals surface area (Å²) in [6.07, 6.45) is 10.3. The van der Waals surface area contributed by atoms with Crippen molar-refractivity contribution in [2.75, 3.05) is 0 Å². The molecule has 8 heteroatoms. The van der Waals surface area contributed by atoms with Crippen molar-refractivity contribution in [3.05, 3.63) is 38.5 Å². The van der Waals surface area contributed by atoms with Crippen LogP contribution in [0.15, 0.2) is 26.8 Å². The van der Waals surface area contributed by atoms with Crippen LogP contribution in [0.1, 0.15) is 111 Å². The van der Waals surface area contributed by atoms with Gasteiger partial charge in [0, 0.05) is 5.69 Å². The number of amides is 1. The Labute approximate surface area is 224 Å². The average molecular weight is 523 g/mol. The molecule has 3 aliphatic carbocycles. The molecule has 1 amide bonds. The van der Waals surface area contributed by atoms with E-state index in [2.05, 4.69) is 10.2 Å². The van der Waals surface area contributed by atoms with E-state index in [0.717, 1.165) is 38.5 Å². The third-order valence-electron chi connectivity index (χ3n) is 8.54. The second-order valence-electron chi connectivity index (χ2n) is 13.6. The minimum absolute atomic E-state index is 0.0169. The molecule has 1 aliphatic heterocycles. The Morgan fingerprint density at radius 1 is 0.816 bits per heavy atom. The second kappa shape index (κ2) is 9.38. The molecule has 2 N–H and O–H groups in total.